The molecule has 0 atom stereocenters. The molecule has 0 aliphatic heterocycles. The van der Waals surface area contributed by atoms with Crippen LogP contribution < -0.4 is 11.1 Å². The summed E-state index contributed by atoms with van der Waals surface area (Å²) < 4.78 is 0. The summed E-state index contributed by atoms with van der Waals surface area (Å²) in [5.74, 6) is 0.803. The summed E-state index contributed by atoms with van der Waals surface area (Å²) >= 11 is 0. The number of rotatable bonds is 4. The molecule has 0 spiro atoms. The number of anilines is 2. The number of nitrogen functional groups attached to an aromatic ring is 1. The summed E-state index contributed by atoms with van der Waals surface area (Å²) in [6.45, 7) is 2.85. The second-order valence-corrected chi connectivity index (χ2v) is 5.55. The Kier molecular flexibility index (Phi) is 4.12. The van der Waals surface area contributed by atoms with Gasteiger partial charge in [-0.15, -0.1) is 0 Å². The predicted octanol–water partition coefficient (Wildman–Crippen LogP) is 3.01. The van der Waals surface area contributed by atoms with E-state index >= 15 is 0 Å². The molecule has 1 aliphatic carbocycles. The van der Waals surface area contributed by atoms with Gasteiger partial charge in [0.15, 0.2) is 0 Å². The van der Waals surface area contributed by atoms with Crippen molar-refractivity contribution in [1.82, 2.24) is 0 Å². The Hall–Kier alpha value is -1.22. The van der Waals surface area contributed by atoms with E-state index in [4.69, 9.17) is 5.73 Å². The van der Waals surface area contributed by atoms with E-state index in [-0.39, 0.29) is 0 Å². The van der Waals surface area contributed by atoms with E-state index in [9.17, 15) is 5.11 Å². The fourth-order valence-electron chi connectivity index (χ4n) is 2.72. The van der Waals surface area contributed by atoms with Crippen molar-refractivity contribution in [2.24, 2.45) is 5.92 Å². The van der Waals surface area contributed by atoms with E-state index in [1.807, 2.05) is 24.3 Å². The van der Waals surface area contributed by atoms with Crippen LogP contribution in [0.15, 0.2) is 24.3 Å². The monoisotopic (exact) mass is 248 g/mol. The van der Waals surface area contributed by atoms with E-state index in [0.29, 0.717) is 6.54 Å². The van der Waals surface area contributed by atoms with Crippen molar-refractivity contribution >= 4 is 11.4 Å². The zero-order chi connectivity index (χ0) is 13.0. The van der Waals surface area contributed by atoms with Crippen LogP contribution in [0.25, 0.3) is 0 Å². The van der Waals surface area contributed by atoms with Gasteiger partial charge in [-0.3, -0.25) is 0 Å². The van der Waals surface area contributed by atoms with Crippen LogP contribution in [-0.2, 0) is 0 Å². The molecule has 4 N–H and O–H groups in total. The molecule has 0 radical (unpaired) electrons. The first-order chi connectivity index (χ1) is 8.61. The summed E-state index contributed by atoms with van der Waals surface area (Å²) in [7, 11) is 0. The second-order valence-electron chi connectivity index (χ2n) is 5.55. The number of hydrogen-bond donors (Lipinski definition) is 3. The second kappa shape index (κ2) is 5.61. The van der Waals surface area contributed by atoms with Gasteiger partial charge >= 0.3 is 0 Å². The molecule has 3 heteroatoms. The summed E-state index contributed by atoms with van der Waals surface area (Å²) in [6, 6.07) is 7.68. The van der Waals surface area contributed by atoms with E-state index < -0.39 is 5.60 Å². The Morgan fingerprint density at radius 2 is 2.11 bits per heavy atom. The van der Waals surface area contributed by atoms with Crippen molar-refractivity contribution in [2.75, 3.05) is 17.6 Å². The zero-order valence-corrected chi connectivity index (χ0v) is 11.2. The van der Waals surface area contributed by atoms with Crippen LogP contribution in [0, 0.1) is 5.92 Å². The standard InChI is InChI=1S/C15H24N2O/c1-2-12-6-8-15(18,9-7-12)11-17-14-5-3-4-13(16)10-14/h3-5,10,12,17-18H,2,6-9,11,16H2,1H3. The summed E-state index contributed by atoms with van der Waals surface area (Å²) in [5, 5.41) is 13.8. The lowest BCUT2D eigenvalue weighted by atomic mass is 9.78. The van der Waals surface area contributed by atoms with Crippen LogP contribution in [0.4, 0.5) is 11.4 Å². The molecule has 1 aromatic carbocycles. The van der Waals surface area contributed by atoms with Crippen LogP contribution in [0.2, 0.25) is 0 Å². The summed E-state index contributed by atoms with van der Waals surface area (Å²) in [5.41, 5.74) is 6.93. The minimum absolute atomic E-state index is 0.545. The van der Waals surface area contributed by atoms with Gasteiger partial charge in [0, 0.05) is 17.9 Å². The topological polar surface area (TPSA) is 58.3 Å². The van der Waals surface area contributed by atoms with Gasteiger partial charge < -0.3 is 16.2 Å². The van der Waals surface area contributed by atoms with Crippen LogP contribution in [-0.4, -0.2) is 17.3 Å². The maximum Gasteiger partial charge on any atom is 0.0819 e. The SMILES string of the molecule is CCC1CCC(O)(CNc2cccc(N)c2)CC1. The molecule has 18 heavy (non-hydrogen) atoms. The third kappa shape index (κ3) is 3.39. The summed E-state index contributed by atoms with van der Waals surface area (Å²) in [6.07, 6.45) is 5.33. The molecule has 0 amide bonds. The smallest absolute Gasteiger partial charge is 0.0819 e. The minimum Gasteiger partial charge on any atom is -0.399 e. The molecule has 0 bridgehead atoms. The lowest BCUT2D eigenvalue weighted by Crippen LogP contribution is -2.40. The molecule has 100 valence electrons. The van der Waals surface area contributed by atoms with Gasteiger partial charge in [0.25, 0.3) is 0 Å². The zero-order valence-electron chi connectivity index (χ0n) is 11.2. The molecule has 0 aromatic heterocycles. The van der Waals surface area contributed by atoms with Gasteiger partial charge in [0.2, 0.25) is 0 Å². The molecule has 2 rings (SSSR count). The molecule has 3 nitrogen and oxygen atoms in total. The first-order valence-electron chi connectivity index (χ1n) is 6.93. The first-order valence-corrected chi connectivity index (χ1v) is 6.93. The average molecular weight is 248 g/mol. The number of aliphatic hydroxyl groups is 1. The Balaban J connectivity index is 1.86. The van der Waals surface area contributed by atoms with Gasteiger partial charge in [0.1, 0.15) is 0 Å². The van der Waals surface area contributed by atoms with Gasteiger partial charge in [-0.1, -0.05) is 19.4 Å². The highest BCUT2D eigenvalue weighted by molar-refractivity contribution is 5.54. The summed E-state index contributed by atoms with van der Waals surface area (Å²) in [4.78, 5) is 0. The van der Waals surface area contributed by atoms with Crippen molar-refractivity contribution in [3.63, 3.8) is 0 Å². The molecular weight excluding hydrogens is 224 g/mol. The van der Waals surface area contributed by atoms with E-state index in [1.165, 1.54) is 6.42 Å². The van der Waals surface area contributed by atoms with E-state index in [2.05, 4.69) is 12.2 Å². The van der Waals surface area contributed by atoms with E-state index in [1.54, 1.807) is 0 Å². The number of hydrogen-bond acceptors (Lipinski definition) is 3. The van der Waals surface area contributed by atoms with Crippen LogP contribution in [0.1, 0.15) is 39.0 Å². The maximum atomic E-state index is 10.5. The van der Waals surface area contributed by atoms with Gasteiger partial charge in [-0.2, -0.15) is 0 Å². The van der Waals surface area contributed by atoms with Gasteiger partial charge in [-0.05, 0) is 49.8 Å². The number of benzene rings is 1. The van der Waals surface area contributed by atoms with Crippen molar-refractivity contribution in [3.05, 3.63) is 24.3 Å². The van der Waals surface area contributed by atoms with Crippen LogP contribution in [0.3, 0.4) is 0 Å². The Bertz CT molecular complexity index is 384. The van der Waals surface area contributed by atoms with Crippen molar-refractivity contribution < 1.29 is 5.11 Å². The van der Waals surface area contributed by atoms with Crippen molar-refractivity contribution in [1.29, 1.82) is 0 Å². The lowest BCUT2D eigenvalue weighted by Gasteiger charge is -2.36. The first kappa shape index (κ1) is 13.2. The normalized spacial score (nSPS) is 28.0. The fraction of sp³-hybridized carbons (Fsp3) is 0.600. The molecule has 1 aromatic rings. The molecule has 1 saturated carbocycles. The highest BCUT2D eigenvalue weighted by Gasteiger charge is 2.32. The molecule has 0 saturated heterocycles. The van der Waals surface area contributed by atoms with Crippen LogP contribution in [0.5, 0.6) is 0 Å². The molecule has 1 fully saturated rings. The van der Waals surface area contributed by atoms with E-state index in [0.717, 1.165) is 43.0 Å². The Morgan fingerprint density at radius 3 is 2.72 bits per heavy atom. The fourth-order valence-corrected chi connectivity index (χ4v) is 2.72. The molecule has 1 aliphatic rings. The third-order valence-corrected chi connectivity index (χ3v) is 4.12. The highest BCUT2D eigenvalue weighted by Crippen LogP contribution is 2.33. The van der Waals surface area contributed by atoms with Crippen molar-refractivity contribution in [2.45, 2.75) is 44.6 Å². The third-order valence-electron chi connectivity index (χ3n) is 4.12. The number of nitrogens with one attached hydrogen (secondary N) is 1. The molecular formula is C15H24N2O. The Labute approximate surface area is 109 Å². The predicted molar refractivity (Wildman–Crippen MR) is 76.5 cm³/mol. The maximum absolute atomic E-state index is 10.5. The lowest BCUT2D eigenvalue weighted by molar-refractivity contribution is 0.00229. The molecule has 0 heterocycles. The minimum atomic E-state index is -0.545. The largest absolute Gasteiger partial charge is 0.399 e. The average Bonchev–Trinajstić information content (AvgIpc) is 2.38. The Morgan fingerprint density at radius 1 is 1.39 bits per heavy atom. The number of nitrogens with two attached hydrogens (primary N) is 1. The van der Waals surface area contributed by atoms with Crippen molar-refractivity contribution in [3.8, 4) is 0 Å². The quantitative estimate of drug-likeness (QED) is 0.718. The van der Waals surface area contributed by atoms with Crippen LogP contribution >= 0.6 is 0 Å². The highest BCUT2D eigenvalue weighted by atomic mass is 16.3. The van der Waals surface area contributed by atoms with Gasteiger partial charge in [0.05, 0.1) is 5.60 Å². The molecule has 0 unspecified atom stereocenters. The van der Waals surface area contributed by atoms with Gasteiger partial charge in [-0.25, -0.2) is 0 Å².